The van der Waals surface area contributed by atoms with E-state index in [1.54, 1.807) is 13.0 Å². The number of anilines is 2. The van der Waals surface area contributed by atoms with Crippen molar-refractivity contribution in [2.45, 2.75) is 6.92 Å². The number of amides is 1. The van der Waals surface area contributed by atoms with Gasteiger partial charge in [0.05, 0.1) is 30.3 Å². The van der Waals surface area contributed by atoms with Crippen molar-refractivity contribution in [1.82, 2.24) is 4.98 Å². The first-order valence-corrected chi connectivity index (χ1v) is 9.05. The largest absolute Gasteiger partial charge is 0.462 e. The van der Waals surface area contributed by atoms with Crippen LogP contribution in [0.1, 0.15) is 27.6 Å². The van der Waals surface area contributed by atoms with E-state index in [0.717, 1.165) is 0 Å². The second-order valence-corrected chi connectivity index (χ2v) is 6.16. The molecular weight excluding hydrogens is 380 g/mol. The number of nitrogens with zero attached hydrogens (tertiary/aromatic N) is 3. The number of nitro groups is 1. The number of morpholine rings is 1. The van der Waals surface area contributed by atoms with E-state index in [1.165, 1.54) is 30.5 Å². The number of nitro benzene ring substituents is 1. The van der Waals surface area contributed by atoms with Gasteiger partial charge in [0.15, 0.2) is 0 Å². The highest BCUT2D eigenvalue weighted by Gasteiger charge is 2.23. The molecule has 1 amide bonds. The van der Waals surface area contributed by atoms with Gasteiger partial charge < -0.3 is 19.7 Å². The Bertz CT molecular complexity index is 927. The molecular formula is C19H20N4O6. The molecule has 0 unspecified atom stereocenters. The quantitative estimate of drug-likeness (QED) is 0.445. The van der Waals surface area contributed by atoms with Gasteiger partial charge in [0.25, 0.3) is 11.6 Å². The Morgan fingerprint density at radius 1 is 1.24 bits per heavy atom. The van der Waals surface area contributed by atoms with Gasteiger partial charge >= 0.3 is 5.97 Å². The van der Waals surface area contributed by atoms with E-state index in [9.17, 15) is 19.7 Å². The molecule has 1 aromatic carbocycles. The summed E-state index contributed by atoms with van der Waals surface area (Å²) in [4.78, 5) is 41.2. The summed E-state index contributed by atoms with van der Waals surface area (Å²) >= 11 is 0. The number of esters is 1. The maximum atomic E-state index is 12.6. The molecule has 2 aromatic rings. The van der Waals surface area contributed by atoms with Gasteiger partial charge in [-0.3, -0.25) is 14.9 Å². The van der Waals surface area contributed by atoms with E-state index in [0.29, 0.717) is 32.0 Å². The molecule has 1 aliphatic rings. The van der Waals surface area contributed by atoms with Crippen LogP contribution in [-0.2, 0) is 9.47 Å². The number of benzene rings is 1. The highest BCUT2D eigenvalue weighted by molar-refractivity contribution is 6.05. The number of hydrogen-bond acceptors (Lipinski definition) is 8. The Morgan fingerprint density at radius 3 is 2.69 bits per heavy atom. The molecule has 152 valence electrons. The summed E-state index contributed by atoms with van der Waals surface area (Å²) in [6.07, 6.45) is 1.37. The first-order chi connectivity index (χ1) is 14.0. The highest BCUT2D eigenvalue weighted by atomic mass is 16.6. The molecule has 1 N–H and O–H groups in total. The molecule has 0 radical (unpaired) electrons. The standard InChI is InChI=1S/C19H20N4O6/c1-2-29-19(25)14-5-6-20-17(12-14)21-18(24)13-3-4-15(16(11-13)23(26)27)22-7-9-28-10-8-22/h3-6,11-12H,2,7-10H2,1H3,(H,20,21,24). The summed E-state index contributed by atoms with van der Waals surface area (Å²) in [7, 11) is 0. The molecule has 0 atom stereocenters. The SMILES string of the molecule is CCOC(=O)c1ccnc(NC(=O)c2ccc(N3CCOCC3)c([N+](=O)[O-])c2)c1. The molecule has 0 bridgehead atoms. The third kappa shape index (κ3) is 4.85. The fraction of sp³-hybridized carbons (Fsp3) is 0.316. The normalized spacial score (nSPS) is 13.6. The lowest BCUT2D eigenvalue weighted by atomic mass is 10.1. The van der Waals surface area contributed by atoms with Crippen LogP contribution in [0, 0.1) is 10.1 Å². The van der Waals surface area contributed by atoms with Crippen molar-refractivity contribution in [2.24, 2.45) is 0 Å². The van der Waals surface area contributed by atoms with Crippen molar-refractivity contribution in [1.29, 1.82) is 0 Å². The zero-order valence-electron chi connectivity index (χ0n) is 15.8. The van der Waals surface area contributed by atoms with Crippen LogP contribution in [0.3, 0.4) is 0 Å². The number of carbonyl (C=O) groups is 2. The topological polar surface area (TPSA) is 124 Å². The number of pyridine rings is 1. The molecule has 10 nitrogen and oxygen atoms in total. The average Bonchev–Trinajstić information content (AvgIpc) is 2.74. The van der Waals surface area contributed by atoms with E-state index < -0.39 is 16.8 Å². The van der Waals surface area contributed by atoms with Crippen molar-refractivity contribution in [3.05, 3.63) is 57.8 Å². The zero-order chi connectivity index (χ0) is 20.8. The van der Waals surface area contributed by atoms with Crippen molar-refractivity contribution < 1.29 is 24.0 Å². The maximum absolute atomic E-state index is 12.6. The van der Waals surface area contributed by atoms with Gasteiger partial charge in [-0.25, -0.2) is 9.78 Å². The van der Waals surface area contributed by atoms with E-state index in [2.05, 4.69) is 10.3 Å². The Kier molecular flexibility index (Phi) is 6.35. The predicted molar refractivity (Wildman–Crippen MR) is 104 cm³/mol. The number of nitrogens with one attached hydrogen (secondary N) is 1. The Balaban J connectivity index is 1.80. The van der Waals surface area contributed by atoms with Gasteiger partial charge in [-0.2, -0.15) is 0 Å². The number of hydrogen-bond donors (Lipinski definition) is 1. The summed E-state index contributed by atoms with van der Waals surface area (Å²) in [5.74, 6) is -0.966. The van der Waals surface area contributed by atoms with Crippen molar-refractivity contribution >= 4 is 29.1 Å². The number of aromatic nitrogens is 1. The van der Waals surface area contributed by atoms with Crippen molar-refractivity contribution in [2.75, 3.05) is 43.1 Å². The summed E-state index contributed by atoms with van der Waals surface area (Å²) in [5, 5.41) is 14.1. The molecule has 0 saturated carbocycles. The summed E-state index contributed by atoms with van der Waals surface area (Å²) < 4.78 is 10.2. The lowest BCUT2D eigenvalue weighted by Gasteiger charge is -2.28. The molecule has 0 aliphatic carbocycles. The molecule has 2 heterocycles. The predicted octanol–water partition coefficient (Wildman–Crippen LogP) is 2.26. The first kappa shape index (κ1) is 20.2. The number of ether oxygens (including phenoxy) is 2. The van der Waals surface area contributed by atoms with E-state index in [4.69, 9.17) is 9.47 Å². The number of rotatable bonds is 6. The van der Waals surface area contributed by atoms with E-state index >= 15 is 0 Å². The molecule has 0 spiro atoms. The summed E-state index contributed by atoms with van der Waals surface area (Å²) in [6.45, 7) is 3.97. The van der Waals surface area contributed by atoms with E-state index in [1.807, 2.05) is 4.90 Å². The fourth-order valence-corrected chi connectivity index (χ4v) is 2.91. The van der Waals surface area contributed by atoms with Gasteiger partial charge in [-0.05, 0) is 31.2 Å². The maximum Gasteiger partial charge on any atom is 0.338 e. The third-order valence-corrected chi connectivity index (χ3v) is 4.30. The second-order valence-electron chi connectivity index (χ2n) is 6.16. The van der Waals surface area contributed by atoms with Crippen LogP contribution >= 0.6 is 0 Å². The van der Waals surface area contributed by atoms with Crippen LogP contribution in [0.5, 0.6) is 0 Å². The average molecular weight is 400 g/mol. The number of carbonyl (C=O) groups excluding carboxylic acids is 2. The minimum absolute atomic E-state index is 0.108. The minimum atomic E-state index is -0.574. The lowest BCUT2D eigenvalue weighted by Crippen LogP contribution is -2.36. The first-order valence-electron chi connectivity index (χ1n) is 9.05. The molecule has 29 heavy (non-hydrogen) atoms. The van der Waals surface area contributed by atoms with Crippen LogP contribution in [0.25, 0.3) is 0 Å². The van der Waals surface area contributed by atoms with E-state index in [-0.39, 0.29) is 29.2 Å². The molecule has 1 fully saturated rings. The zero-order valence-corrected chi connectivity index (χ0v) is 15.8. The summed E-state index contributed by atoms with van der Waals surface area (Å²) in [6, 6.07) is 7.15. The van der Waals surface area contributed by atoms with Gasteiger partial charge in [-0.1, -0.05) is 0 Å². The second kappa shape index (κ2) is 9.11. The van der Waals surface area contributed by atoms with Crippen molar-refractivity contribution in [3.63, 3.8) is 0 Å². The molecule has 3 rings (SSSR count). The van der Waals surface area contributed by atoms with Crippen LogP contribution in [0.4, 0.5) is 17.2 Å². The van der Waals surface area contributed by atoms with Crippen LogP contribution in [0.2, 0.25) is 0 Å². The van der Waals surface area contributed by atoms with Gasteiger partial charge in [0.1, 0.15) is 11.5 Å². The Morgan fingerprint density at radius 2 is 2.00 bits per heavy atom. The molecule has 1 aliphatic heterocycles. The van der Waals surface area contributed by atoms with Crippen LogP contribution in [0.15, 0.2) is 36.5 Å². The Hall–Kier alpha value is -3.53. The molecule has 10 heteroatoms. The smallest absolute Gasteiger partial charge is 0.338 e. The molecule has 1 saturated heterocycles. The highest BCUT2D eigenvalue weighted by Crippen LogP contribution is 2.30. The summed E-state index contributed by atoms with van der Waals surface area (Å²) in [5.41, 5.74) is 0.632. The van der Waals surface area contributed by atoms with Crippen LogP contribution < -0.4 is 10.2 Å². The Labute approximate surface area is 166 Å². The molecule has 1 aromatic heterocycles. The van der Waals surface area contributed by atoms with Gasteiger partial charge in [0, 0.05) is 30.9 Å². The lowest BCUT2D eigenvalue weighted by molar-refractivity contribution is -0.384. The van der Waals surface area contributed by atoms with Gasteiger partial charge in [-0.15, -0.1) is 0 Å². The monoisotopic (exact) mass is 400 g/mol. The van der Waals surface area contributed by atoms with Crippen LogP contribution in [-0.4, -0.2) is 54.7 Å². The fourth-order valence-electron chi connectivity index (χ4n) is 2.91. The van der Waals surface area contributed by atoms with Crippen molar-refractivity contribution in [3.8, 4) is 0 Å². The minimum Gasteiger partial charge on any atom is -0.462 e. The van der Waals surface area contributed by atoms with Gasteiger partial charge in [0.2, 0.25) is 0 Å². The third-order valence-electron chi connectivity index (χ3n) is 4.30.